The molecule has 140 valence electrons. The molecule has 1 N–H and O–H groups in total. The number of hydrogen-bond acceptors (Lipinski definition) is 4. The zero-order valence-electron chi connectivity index (χ0n) is 15.8. The highest BCUT2D eigenvalue weighted by Crippen LogP contribution is 2.43. The zero-order valence-corrected chi connectivity index (χ0v) is 16.6. The highest BCUT2D eigenvalue weighted by atomic mass is 32.1. The van der Waals surface area contributed by atoms with Gasteiger partial charge in [-0.25, -0.2) is 0 Å². The third kappa shape index (κ3) is 3.43. The molecule has 0 spiro atoms. The third-order valence-electron chi connectivity index (χ3n) is 4.95. The predicted octanol–water partition coefficient (Wildman–Crippen LogP) is 5.90. The minimum atomic E-state index is -0.107. The molecule has 3 nitrogen and oxygen atoms in total. The molecular formula is C24H20O3S. The summed E-state index contributed by atoms with van der Waals surface area (Å²) < 4.78 is 6.00. The van der Waals surface area contributed by atoms with Gasteiger partial charge >= 0.3 is 0 Å². The first-order valence-electron chi connectivity index (χ1n) is 9.21. The van der Waals surface area contributed by atoms with Crippen molar-refractivity contribution in [1.29, 1.82) is 0 Å². The average Bonchev–Trinajstić information content (AvgIpc) is 2.64. The fourth-order valence-electron chi connectivity index (χ4n) is 3.53. The van der Waals surface area contributed by atoms with Crippen LogP contribution in [0.15, 0.2) is 63.8 Å². The van der Waals surface area contributed by atoms with E-state index < -0.39 is 0 Å². The maximum Gasteiger partial charge on any atom is 0.182 e. The monoisotopic (exact) mass is 388 g/mol. The minimum absolute atomic E-state index is 0.107. The third-order valence-corrected chi connectivity index (χ3v) is 5.15. The number of phenolic OH excluding ortho intramolecular Hbond substituents is 1. The molecule has 0 aromatic heterocycles. The largest absolute Gasteiger partial charge is 0.507 e. The van der Waals surface area contributed by atoms with E-state index in [9.17, 15) is 9.90 Å². The lowest BCUT2D eigenvalue weighted by Crippen LogP contribution is -2.00. The molecule has 2 aromatic rings. The Morgan fingerprint density at radius 2 is 1.82 bits per heavy atom. The van der Waals surface area contributed by atoms with Crippen LogP contribution in [0.2, 0.25) is 0 Å². The standard InChI is InChI=1S/C24H20O3S/c1-14-3-8-19-22(11-14)27-23-13-17(25)7-10-20(23)24(19)18-9-6-16(12-21(18)26)5-4-15(2)28/h3,6-13,26H,4-5H2,1-2H3. The summed E-state index contributed by atoms with van der Waals surface area (Å²) in [6, 6.07) is 16.5. The highest BCUT2D eigenvalue weighted by molar-refractivity contribution is 7.80. The molecule has 1 aliphatic heterocycles. The molecule has 0 amide bonds. The molecule has 0 saturated carbocycles. The molecule has 0 unspecified atom stereocenters. The number of aromatic hydroxyl groups is 1. The van der Waals surface area contributed by atoms with Gasteiger partial charge in [0.05, 0.1) is 0 Å². The molecule has 2 aromatic carbocycles. The lowest BCUT2D eigenvalue weighted by Gasteiger charge is -2.16. The Hall–Kier alpha value is -2.98. The molecule has 0 radical (unpaired) electrons. The Labute approximate surface area is 168 Å². The van der Waals surface area contributed by atoms with Crippen LogP contribution in [-0.4, -0.2) is 9.97 Å². The smallest absolute Gasteiger partial charge is 0.182 e. The first kappa shape index (κ1) is 18.4. The fraction of sp³-hybridized carbons (Fsp3) is 0.167. The second-order valence-corrected chi connectivity index (χ2v) is 7.89. The van der Waals surface area contributed by atoms with Crippen LogP contribution >= 0.6 is 12.2 Å². The number of aryl methyl sites for hydroxylation is 2. The Balaban J connectivity index is 1.96. The molecule has 0 saturated heterocycles. The van der Waals surface area contributed by atoms with Gasteiger partial charge in [0.2, 0.25) is 0 Å². The van der Waals surface area contributed by atoms with Crippen molar-refractivity contribution >= 4 is 28.1 Å². The number of fused-ring (bicyclic) bond motifs is 2. The van der Waals surface area contributed by atoms with Gasteiger partial charge in [0, 0.05) is 28.1 Å². The molecule has 1 aliphatic carbocycles. The number of hydrogen-bond donors (Lipinski definition) is 1. The van der Waals surface area contributed by atoms with Crippen LogP contribution in [0, 0.1) is 6.92 Å². The number of benzene rings is 3. The first-order chi connectivity index (χ1) is 13.4. The van der Waals surface area contributed by atoms with Gasteiger partial charge < -0.3 is 9.52 Å². The van der Waals surface area contributed by atoms with Crippen LogP contribution in [0.5, 0.6) is 5.75 Å². The quantitative estimate of drug-likeness (QED) is 0.349. The van der Waals surface area contributed by atoms with Gasteiger partial charge in [-0.3, -0.25) is 4.79 Å². The Bertz CT molecular complexity index is 1240. The SMILES string of the molecule is CC(=S)CCc1ccc(-c2c3ccc(=O)cc-3oc3cc(C)ccc23)c(O)c1. The summed E-state index contributed by atoms with van der Waals surface area (Å²) in [4.78, 5) is 12.8. The molecule has 0 fully saturated rings. The fourth-order valence-corrected chi connectivity index (χ4v) is 3.63. The van der Waals surface area contributed by atoms with Crippen LogP contribution in [0.4, 0.5) is 0 Å². The van der Waals surface area contributed by atoms with Crippen molar-refractivity contribution in [1.82, 2.24) is 0 Å². The van der Waals surface area contributed by atoms with E-state index in [1.807, 2.05) is 44.2 Å². The molecule has 0 atom stereocenters. The lowest BCUT2D eigenvalue weighted by molar-refractivity contribution is 0.476. The Morgan fingerprint density at radius 1 is 1.04 bits per heavy atom. The maximum atomic E-state index is 11.9. The summed E-state index contributed by atoms with van der Waals surface area (Å²) in [5, 5.41) is 11.7. The lowest BCUT2D eigenvalue weighted by atomic mass is 9.91. The minimum Gasteiger partial charge on any atom is -0.507 e. The van der Waals surface area contributed by atoms with Crippen molar-refractivity contribution < 1.29 is 9.52 Å². The number of thiocarbonyl (C=S) groups is 1. The Kier molecular flexibility index (Phi) is 4.73. The molecular weight excluding hydrogens is 368 g/mol. The van der Waals surface area contributed by atoms with Crippen LogP contribution in [-0.2, 0) is 6.42 Å². The van der Waals surface area contributed by atoms with Gasteiger partial charge in [-0.05, 0) is 66.9 Å². The van der Waals surface area contributed by atoms with Crippen LogP contribution < -0.4 is 5.43 Å². The van der Waals surface area contributed by atoms with Crippen molar-refractivity contribution in [3.8, 4) is 28.2 Å². The van der Waals surface area contributed by atoms with E-state index in [1.54, 1.807) is 12.1 Å². The topological polar surface area (TPSA) is 50.4 Å². The average molecular weight is 388 g/mol. The zero-order chi connectivity index (χ0) is 19.8. The normalized spacial score (nSPS) is 11.2. The number of rotatable bonds is 4. The molecule has 28 heavy (non-hydrogen) atoms. The van der Waals surface area contributed by atoms with Gasteiger partial charge in [0.15, 0.2) is 5.43 Å². The summed E-state index contributed by atoms with van der Waals surface area (Å²) in [5.74, 6) is 0.723. The highest BCUT2D eigenvalue weighted by Gasteiger charge is 2.19. The van der Waals surface area contributed by atoms with E-state index in [2.05, 4.69) is 0 Å². The predicted molar refractivity (Wildman–Crippen MR) is 118 cm³/mol. The van der Waals surface area contributed by atoms with Crippen molar-refractivity contribution in [3.63, 3.8) is 0 Å². The summed E-state index contributed by atoms with van der Waals surface area (Å²) in [7, 11) is 0. The summed E-state index contributed by atoms with van der Waals surface area (Å²) in [6.07, 6.45) is 1.61. The van der Waals surface area contributed by atoms with E-state index in [-0.39, 0.29) is 11.2 Å². The van der Waals surface area contributed by atoms with E-state index >= 15 is 0 Å². The van der Waals surface area contributed by atoms with Crippen molar-refractivity contribution in [3.05, 3.63) is 75.9 Å². The first-order valence-corrected chi connectivity index (χ1v) is 9.62. The van der Waals surface area contributed by atoms with Crippen molar-refractivity contribution in [2.75, 3.05) is 0 Å². The van der Waals surface area contributed by atoms with Gasteiger partial charge in [-0.1, -0.05) is 36.5 Å². The molecule has 0 bridgehead atoms. The van der Waals surface area contributed by atoms with Crippen molar-refractivity contribution in [2.24, 2.45) is 0 Å². The van der Waals surface area contributed by atoms with Gasteiger partial charge in [-0.15, -0.1) is 0 Å². The van der Waals surface area contributed by atoms with E-state index in [1.165, 1.54) is 12.1 Å². The molecule has 2 aliphatic rings. The summed E-state index contributed by atoms with van der Waals surface area (Å²) in [6.45, 7) is 3.93. The van der Waals surface area contributed by atoms with Crippen molar-refractivity contribution in [2.45, 2.75) is 26.7 Å². The van der Waals surface area contributed by atoms with E-state index in [0.29, 0.717) is 11.3 Å². The van der Waals surface area contributed by atoms with Gasteiger partial charge in [-0.2, -0.15) is 0 Å². The summed E-state index contributed by atoms with van der Waals surface area (Å²) in [5.41, 5.74) is 5.07. The van der Waals surface area contributed by atoms with Crippen LogP contribution in [0.25, 0.3) is 33.4 Å². The molecule has 4 rings (SSSR count). The second-order valence-electron chi connectivity index (χ2n) is 7.19. The van der Waals surface area contributed by atoms with E-state index in [4.69, 9.17) is 16.6 Å². The molecule has 1 heterocycles. The molecule has 4 heteroatoms. The van der Waals surface area contributed by atoms with Gasteiger partial charge in [0.25, 0.3) is 0 Å². The number of phenols is 1. The second kappa shape index (κ2) is 7.21. The van der Waals surface area contributed by atoms with Crippen LogP contribution in [0.1, 0.15) is 24.5 Å². The van der Waals surface area contributed by atoms with E-state index in [0.717, 1.165) is 50.9 Å². The Morgan fingerprint density at radius 3 is 2.57 bits per heavy atom. The van der Waals surface area contributed by atoms with Gasteiger partial charge in [0.1, 0.15) is 17.1 Å². The van der Waals surface area contributed by atoms with Crippen LogP contribution in [0.3, 0.4) is 0 Å². The summed E-state index contributed by atoms with van der Waals surface area (Å²) >= 11 is 5.16. The maximum absolute atomic E-state index is 11.9.